The normalized spacial score (nSPS) is 11.6. The fraction of sp³-hybridized carbons (Fsp3) is 0.111. The van der Waals surface area contributed by atoms with Crippen LogP contribution in [0, 0.1) is 0 Å². The SMILES string of the molecule is CS(=O)(=O)Nc1cccc(C=CC(=O)O)n1. The van der Waals surface area contributed by atoms with E-state index in [2.05, 4.69) is 9.71 Å². The maximum atomic E-state index is 10.9. The highest BCUT2D eigenvalue weighted by Crippen LogP contribution is 2.07. The molecule has 0 atom stereocenters. The number of nitrogens with one attached hydrogen (secondary N) is 1. The summed E-state index contributed by atoms with van der Waals surface area (Å²) in [6.45, 7) is 0. The van der Waals surface area contributed by atoms with Gasteiger partial charge in [-0.15, -0.1) is 0 Å². The number of rotatable bonds is 4. The maximum Gasteiger partial charge on any atom is 0.328 e. The highest BCUT2D eigenvalue weighted by atomic mass is 32.2. The lowest BCUT2D eigenvalue weighted by atomic mass is 10.3. The minimum Gasteiger partial charge on any atom is -0.478 e. The Bertz CT molecular complexity index is 522. The fourth-order valence-electron chi connectivity index (χ4n) is 0.948. The Morgan fingerprint density at radius 3 is 2.75 bits per heavy atom. The summed E-state index contributed by atoms with van der Waals surface area (Å²) >= 11 is 0. The second-order valence-corrected chi connectivity index (χ2v) is 4.74. The first-order valence-electron chi connectivity index (χ1n) is 4.23. The Morgan fingerprint density at radius 1 is 1.50 bits per heavy atom. The number of hydrogen-bond donors (Lipinski definition) is 2. The smallest absolute Gasteiger partial charge is 0.328 e. The molecule has 16 heavy (non-hydrogen) atoms. The topological polar surface area (TPSA) is 96.4 Å². The summed E-state index contributed by atoms with van der Waals surface area (Å²) in [6, 6.07) is 4.61. The summed E-state index contributed by atoms with van der Waals surface area (Å²) < 4.78 is 24.0. The molecule has 0 bridgehead atoms. The number of aliphatic carboxylic acids is 1. The molecule has 0 unspecified atom stereocenters. The van der Waals surface area contributed by atoms with Crippen LogP contribution in [0.2, 0.25) is 0 Å². The van der Waals surface area contributed by atoms with Crippen molar-refractivity contribution < 1.29 is 18.3 Å². The average molecular weight is 242 g/mol. The highest BCUT2D eigenvalue weighted by Gasteiger charge is 2.02. The molecule has 0 aliphatic rings. The lowest BCUT2D eigenvalue weighted by Gasteiger charge is -2.02. The van der Waals surface area contributed by atoms with E-state index in [-0.39, 0.29) is 5.82 Å². The maximum absolute atomic E-state index is 10.9. The van der Waals surface area contributed by atoms with Gasteiger partial charge in [0.2, 0.25) is 10.0 Å². The van der Waals surface area contributed by atoms with Crippen LogP contribution in [0.3, 0.4) is 0 Å². The molecule has 1 rings (SSSR count). The van der Waals surface area contributed by atoms with Gasteiger partial charge in [0, 0.05) is 6.08 Å². The van der Waals surface area contributed by atoms with E-state index in [1.54, 1.807) is 12.1 Å². The molecule has 0 amide bonds. The molecular formula is C9H10N2O4S. The van der Waals surface area contributed by atoms with E-state index < -0.39 is 16.0 Å². The number of hydrogen-bond acceptors (Lipinski definition) is 4. The van der Waals surface area contributed by atoms with Crippen LogP contribution in [-0.4, -0.2) is 30.7 Å². The van der Waals surface area contributed by atoms with Crippen LogP contribution in [0.5, 0.6) is 0 Å². The van der Waals surface area contributed by atoms with Crippen LogP contribution in [0.15, 0.2) is 24.3 Å². The number of carboxylic acids is 1. The summed E-state index contributed by atoms with van der Waals surface area (Å²) in [4.78, 5) is 14.1. The van der Waals surface area contributed by atoms with Crippen molar-refractivity contribution in [2.24, 2.45) is 0 Å². The molecule has 0 aromatic carbocycles. The molecule has 1 heterocycles. The van der Waals surface area contributed by atoms with Crippen molar-refractivity contribution in [2.45, 2.75) is 0 Å². The Kier molecular flexibility index (Phi) is 3.62. The van der Waals surface area contributed by atoms with Crippen molar-refractivity contribution in [1.29, 1.82) is 0 Å². The molecule has 1 aromatic rings. The monoisotopic (exact) mass is 242 g/mol. The fourth-order valence-corrected chi connectivity index (χ4v) is 1.44. The molecule has 0 saturated heterocycles. The van der Waals surface area contributed by atoms with Gasteiger partial charge in [-0.25, -0.2) is 18.2 Å². The molecular weight excluding hydrogens is 232 g/mol. The predicted molar refractivity (Wildman–Crippen MR) is 59.4 cm³/mol. The van der Waals surface area contributed by atoms with Crippen molar-refractivity contribution >= 4 is 27.9 Å². The predicted octanol–water partition coefficient (Wildman–Crippen LogP) is 0.551. The first kappa shape index (κ1) is 12.2. The highest BCUT2D eigenvalue weighted by molar-refractivity contribution is 7.92. The van der Waals surface area contributed by atoms with Crippen LogP contribution in [0.4, 0.5) is 5.82 Å². The van der Waals surface area contributed by atoms with Crippen LogP contribution in [0.25, 0.3) is 6.08 Å². The van der Waals surface area contributed by atoms with Gasteiger partial charge < -0.3 is 5.11 Å². The largest absolute Gasteiger partial charge is 0.478 e. The Morgan fingerprint density at radius 2 is 2.19 bits per heavy atom. The van der Waals surface area contributed by atoms with Crippen molar-refractivity contribution in [1.82, 2.24) is 4.98 Å². The lowest BCUT2D eigenvalue weighted by Crippen LogP contribution is -2.10. The number of nitrogens with zero attached hydrogens (tertiary/aromatic N) is 1. The first-order valence-corrected chi connectivity index (χ1v) is 6.12. The van der Waals surface area contributed by atoms with E-state index in [1.165, 1.54) is 12.1 Å². The summed E-state index contributed by atoms with van der Waals surface area (Å²) in [5.74, 6) is -0.946. The third kappa shape index (κ3) is 4.56. The molecule has 0 radical (unpaired) electrons. The second kappa shape index (κ2) is 4.75. The van der Waals surface area contributed by atoms with Gasteiger partial charge in [0.1, 0.15) is 5.82 Å². The molecule has 6 nitrogen and oxygen atoms in total. The van der Waals surface area contributed by atoms with Crippen LogP contribution >= 0.6 is 0 Å². The van der Waals surface area contributed by atoms with Gasteiger partial charge in [-0.05, 0) is 18.2 Å². The van der Waals surface area contributed by atoms with E-state index in [0.717, 1.165) is 12.3 Å². The minimum atomic E-state index is -3.38. The zero-order valence-corrected chi connectivity index (χ0v) is 9.23. The van der Waals surface area contributed by atoms with Gasteiger partial charge >= 0.3 is 5.97 Å². The zero-order chi connectivity index (χ0) is 12.2. The van der Waals surface area contributed by atoms with E-state index >= 15 is 0 Å². The molecule has 0 saturated carbocycles. The van der Waals surface area contributed by atoms with E-state index in [0.29, 0.717) is 5.69 Å². The van der Waals surface area contributed by atoms with Gasteiger partial charge in [-0.2, -0.15) is 0 Å². The molecule has 1 aromatic heterocycles. The van der Waals surface area contributed by atoms with E-state index in [4.69, 9.17) is 5.11 Å². The summed E-state index contributed by atoms with van der Waals surface area (Å²) in [5, 5.41) is 8.40. The Hall–Kier alpha value is -1.89. The first-order chi connectivity index (χ1) is 7.37. The molecule has 86 valence electrons. The van der Waals surface area contributed by atoms with Crippen molar-refractivity contribution in [3.8, 4) is 0 Å². The van der Waals surface area contributed by atoms with Crippen LogP contribution in [0.1, 0.15) is 5.69 Å². The zero-order valence-electron chi connectivity index (χ0n) is 8.41. The van der Waals surface area contributed by atoms with Crippen LogP contribution < -0.4 is 4.72 Å². The lowest BCUT2D eigenvalue weighted by molar-refractivity contribution is -0.131. The number of pyridine rings is 1. The Balaban J connectivity index is 2.91. The number of sulfonamides is 1. The molecule has 0 aliphatic carbocycles. The van der Waals surface area contributed by atoms with Crippen molar-refractivity contribution in [3.63, 3.8) is 0 Å². The van der Waals surface area contributed by atoms with E-state index in [9.17, 15) is 13.2 Å². The van der Waals surface area contributed by atoms with Gasteiger partial charge in [0.15, 0.2) is 0 Å². The number of aromatic nitrogens is 1. The third-order valence-corrected chi connectivity index (χ3v) is 2.04. The van der Waals surface area contributed by atoms with Crippen molar-refractivity contribution in [3.05, 3.63) is 30.0 Å². The van der Waals surface area contributed by atoms with Gasteiger partial charge in [0.25, 0.3) is 0 Å². The molecule has 0 fully saturated rings. The van der Waals surface area contributed by atoms with Crippen LogP contribution in [-0.2, 0) is 14.8 Å². The number of carboxylic acid groups (broad SMARTS) is 1. The quantitative estimate of drug-likeness (QED) is 0.751. The third-order valence-electron chi connectivity index (χ3n) is 1.46. The van der Waals surface area contributed by atoms with Crippen molar-refractivity contribution in [2.75, 3.05) is 11.0 Å². The molecule has 2 N–H and O–H groups in total. The Labute approximate surface area is 92.7 Å². The minimum absolute atomic E-state index is 0.148. The summed E-state index contributed by atoms with van der Waals surface area (Å²) in [7, 11) is -3.38. The van der Waals surface area contributed by atoms with Gasteiger partial charge in [-0.3, -0.25) is 4.72 Å². The number of carbonyl (C=O) groups is 1. The standard InChI is InChI=1S/C9H10N2O4S/c1-16(14,15)11-8-4-2-3-7(10-8)5-6-9(12)13/h2-6H,1H3,(H,10,11)(H,12,13). The van der Waals surface area contributed by atoms with E-state index in [1.807, 2.05) is 0 Å². The summed E-state index contributed by atoms with van der Waals surface area (Å²) in [5.41, 5.74) is 0.357. The molecule has 0 spiro atoms. The molecule has 0 aliphatic heterocycles. The summed E-state index contributed by atoms with van der Waals surface area (Å²) in [6.07, 6.45) is 3.21. The van der Waals surface area contributed by atoms with Gasteiger partial charge in [0.05, 0.1) is 11.9 Å². The average Bonchev–Trinajstić information content (AvgIpc) is 2.12. The number of anilines is 1. The molecule has 7 heteroatoms. The second-order valence-electron chi connectivity index (χ2n) is 2.99. The van der Waals surface area contributed by atoms with Gasteiger partial charge in [-0.1, -0.05) is 6.07 Å².